The van der Waals surface area contributed by atoms with E-state index in [-0.39, 0.29) is 11.6 Å². The van der Waals surface area contributed by atoms with Gasteiger partial charge in [-0.15, -0.1) is 0 Å². The summed E-state index contributed by atoms with van der Waals surface area (Å²) in [4.78, 5) is 2.35. The molecule has 1 unspecified atom stereocenters. The molecule has 0 bridgehead atoms. The van der Waals surface area contributed by atoms with Crippen molar-refractivity contribution < 1.29 is 0 Å². The minimum atomic E-state index is 0.0415. The minimum Gasteiger partial charge on any atom is -0.364 e. The lowest BCUT2D eigenvalue weighted by Gasteiger charge is -2.47. The fraction of sp³-hybridized carbons (Fsp3) is 0.500. The number of halogens is 1. The Hall–Kier alpha value is -1.24. The third-order valence-corrected chi connectivity index (χ3v) is 3.68. The number of benzene rings is 1. The topological polar surface area (TPSA) is 39.1 Å². The van der Waals surface area contributed by atoms with Crippen LogP contribution in [0.3, 0.4) is 0 Å². The molecule has 1 heterocycles. The van der Waals surface area contributed by atoms with Gasteiger partial charge in [0.2, 0.25) is 0 Å². The second-order valence-electron chi connectivity index (χ2n) is 5.34. The molecule has 2 rings (SSSR count). The molecule has 1 aromatic rings. The molecule has 1 saturated heterocycles. The zero-order valence-electron chi connectivity index (χ0n) is 10.8. The maximum atomic E-state index is 8.82. The van der Waals surface area contributed by atoms with Crippen molar-refractivity contribution in [1.29, 1.82) is 5.26 Å². The van der Waals surface area contributed by atoms with Gasteiger partial charge in [0, 0.05) is 35.4 Å². The Morgan fingerprint density at radius 3 is 2.72 bits per heavy atom. The lowest BCUT2D eigenvalue weighted by atomic mass is 9.95. The third-order valence-electron chi connectivity index (χ3n) is 3.43. The standard InChI is InChI=1S/C14H18ClN3/c1-14(2)10-17-12(7-8-16)9-18(14)13-5-3-11(15)4-6-13/h3-6,12,17H,7,9-10H2,1-2H3. The highest BCUT2D eigenvalue weighted by atomic mass is 35.5. The van der Waals surface area contributed by atoms with Gasteiger partial charge in [-0.1, -0.05) is 11.6 Å². The summed E-state index contributed by atoms with van der Waals surface area (Å²) in [6.45, 7) is 6.14. The largest absolute Gasteiger partial charge is 0.364 e. The van der Waals surface area contributed by atoms with Gasteiger partial charge in [-0.05, 0) is 38.1 Å². The Morgan fingerprint density at radius 2 is 2.11 bits per heavy atom. The fourth-order valence-corrected chi connectivity index (χ4v) is 2.47. The monoisotopic (exact) mass is 263 g/mol. The molecule has 1 aliphatic heterocycles. The number of hydrogen-bond acceptors (Lipinski definition) is 3. The summed E-state index contributed by atoms with van der Waals surface area (Å²) in [5, 5.41) is 13.0. The quantitative estimate of drug-likeness (QED) is 0.892. The SMILES string of the molecule is CC1(C)CNC(CC#N)CN1c1ccc(Cl)cc1. The molecule has 96 valence electrons. The molecule has 18 heavy (non-hydrogen) atoms. The molecule has 1 N–H and O–H groups in total. The van der Waals surface area contributed by atoms with Gasteiger partial charge in [0.15, 0.2) is 0 Å². The lowest BCUT2D eigenvalue weighted by molar-refractivity contribution is 0.325. The zero-order chi connectivity index (χ0) is 13.2. The lowest BCUT2D eigenvalue weighted by Crippen LogP contribution is -2.62. The van der Waals surface area contributed by atoms with Gasteiger partial charge < -0.3 is 10.2 Å². The molecule has 0 saturated carbocycles. The van der Waals surface area contributed by atoms with Gasteiger partial charge in [0.1, 0.15) is 0 Å². The van der Waals surface area contributed by atoms with E-state index >= 15 is 0 Å². The molecule has 4 heteroatoms. The van der Waals surface area contributed by atoms with Crippen LogP contribution in [0.1, 0.15) is 20.3 Å². The highest BCUT2D eigenvalue weighted by molar-refractivity contribution is 6.30. The average molecular weight is 264 g/mol. The molecule has 0 radical (unpaired) electrons. The van der Waals surface area contributed by atoms with E-state index in [1.54, 1.807) is 0 Å². The van der Waals surface area contributed by atoms with Crippen molar-refractivity contribution in [3.8, 4) is 6.07 Å². The van der Waals surface area contributed by atoms with Gasteiger partial charge in [-0.2, -0.15) is 5.26 Å². The molecular weight excluding hydrogens is 246 g/mol. The smallest absolute Gasteiger partial charge is 0.0638 e. The van der Waals surface area contributed by atoms with E-state index in [2.05, 4.69) is 30.1 Å². The molecule has 0 spiro atoms. The summed E-state index contributed by atoms with van der Waals surface area (Å²) in [7, 11) is 0. The van der Waals surface area contributed by atoms with Crippen molar-refractivity contribution >= 4 is 17.3 Å². The Balaban J connectivity index is 2.22. The van der Waals surface area contributed by atoms with Gasteiger partial charge in [-0.3, -0.25) is 0 Å². The van der Waals surface area contributed by atoms with Crippen molar-refractivity contribution in [3.05, 3.63) is 29.3 Å². The number of piperazine rings is 1. The summed E-state index contributed by atoms with van der Waals surface area (Å²) in [6.07, 6.45) is 0.542. The van der Waals surface area contributed by atoms with Crippen LogP contribution in [0.4, 0.5) is 5.69 Å². The summed E-state index contributed by atoms with van der Waals surface area (Å²) in [6, 6.07) is 10.4. The first kappa shape index (κ1) is 13.2. The van der Waals surface area contributed by atoms with Gasteiger partial charge in [0.05, 0.1) is 12.5 Å². The second-order valence-corrected chi connectivity index (χ2v) is 5.78. The van der Waals surface area contributed by atoms with Gasteiger partial charge in [0.25, 0.3) is 0 Å². The number of hydrogen-bond donors (Lipinski definition) is 1. The Morgan fingerprint density at radius 1 is 1.44 bits per heavy atom. The van der Waals surface area contributed by atoms with Crippen molar-refractivity contribution in [3.63, 3.8) is 0 Å². The number of nitriles is 1. The maximum absolute atomic E-state index is 8.82. The van der Waals surface area contributed by atoms with Crippen molar-refractivity contribution in [1.82, 2.24) is 5.32 Å². The molecule has 0 aliphatic carbocycles. The van der Waals surface area contributed by atoms with Crippen LogP contribution in [0.25, 0.3) is 0 Å². The second kappa shape index (κ2) is 5.17. The van der Waals surface area contributed by atoms with Crippen LogP contribution in [0.15, 0.2) is 24.3 Å². The molecule has 3 nitrogen and oxygen atoms in total. The Kier molecular flexibility index (Phi) is 3.79. The van der Waals surface area contributed by atoms with Crippen LogP contribution < -0.4 is 10.2 Å². The first-order valence-electron chi connectivity index (χ1n) is 6.16. The predicted molar refractivity (Wildman–Crippen MR) is 74.9 cm³/mol. The number of anilines is 1. The van der Waals surface area contributed by atoms with Crippen LogP contribution in [-0.4, -0.2) is 24.7 Å². The van der Waals surface area contributed by atoms with E-state index in [0.29, 0.717) is 6.42 Å². The van der Waals surface area contributed by atoms with Crippen molar-refractivity contribution in [2.24, 2.45) is 0 Å². The van der Waals surface area contributed by atoms with E-state index in [1.165, 1.54) is 0 Å². The molecule has 0 amide bonds. The van der Waals surface area contributed by atoms with E-state index in [4.69, 9.17) is 16.9 Å². The molecule has 1 fully saturated rings. The molecule has 1 atom stereocenters. The van der Waals surface area contributed by atoms with Crippen molar-refractivity contribution in [2.45, 2.75) is 31.8 Å². The third kappa shape index (κ3) is 2.77. The zero-order valence-corrected chi connectivity index (χ0v) is 11.5. The summed E-state index contributed by atoms with van der Waals surface area (Å²) < 4.78 is 0. The van der Waals surface area contributed by atoms with E-state index in [9.17, 15) is 0 Å². The molecular formula is C14H18ClN3. The van der Waals surface area contributed by atoms with Gasteiger partial charge >= 0.3 is 0 Å². The van der Waals surface area contributed by atoms with Crippen LogP contribution in [0.5, 0.6) is 0 Å². The maximum Gasteiger partial charge on any atom is 0.0638 e. The summed E-state index contributed by atoms with van der Waals surface area (Å²) in [5.74, 6) is 0. The normalized spacial score (nSPS) is 22.6. The van der Waals surface area contributed by atoms with Crippen molar-refractivity contribution in [2.75, 3.05) is 18.0 Å². The first-order valence-corrected chi connectivity index (χ1v) is 6.54. The fourth-order valence-electron chi connectivity index (χ4n) is 2.34. The molecule has 0 aromatic heterocycles. The van der Waals surface area contributed by atoms with Gasteiger partial charge in [-0.25, -0.2) is 0 Å². The predicted octanol–water partition coefficient (Wildman–Crippen LogP) is 2.81. The summed E-state index contributed by atoms with van der Waals surface area (Å²) in [5.41, 5.74) is 1.20. The van der Waals surface area contributed by atoms with Crippen LogP contribution in [0.2, 0.25) is 5.02 Å². The number of rotatable bonds is 2. The van der Waals surface area contributed by atoms with Crippen LogP contribution >= 0.6 is 11.6 Å². The number of nitrogens with zero attached hydrogens (tertiary/aromatic N) is 2. The van der Waals surface area contributed by atoms with E-state index in [0.717, 1.165) is 23.8 Å². The van der Waals surface area contributed by atoms with Crippen LogP contribution in [0, 0.1) is 11.3 Å². The average Bonchev–Trinajstić information content (AvgIpc) is 2.33. The van der Waals surface area contributed by atoms with E-state index in [1.807, 2.05) is 24.3 Å². The first-order chi connectivity index (χ1) is 8.53. The van der Waals surface area contributed by atoms with Crippen LogP contribution in [-0.2, 0) is 0 Å². The molecule has 1 aliphatic rings. The Bertz CT molecular complexity index is 447. The summed E-state index contributed by atoms with van der Waals surface area (Å²) >= 11 is 5.93. The Labute approximate surface area is 113 Å². The van der Waals surface area contributed by atoms with E-state index < -0.39 is 0 Å². The molecule has 1 aromatic carbocycles. The minimum absolute atomic E-state index is 0.0415. The number of nitrogens with one attached hydrogen (secondary N) is 1. The highest BCUT2D eigenvalue weighted by Gasteiger charge is 2.33. The highest BCUT2D eigenvalue weighted by Crippen LogP contribution is 2.28.